The van der Waals surface area contributed by atoms with E-state index in [-0.39, 0.29) is 18.1 Å². The van der Waals surface area contributed by atoms with Gasteiger partial charge in [-0.1, -0.05) is 41.4 Å². The molecule has 1 aromatic heterocycles. The smallest absolute Gasteiger partial charge is 0.174 e. The van der Waals surface area contributed by atoms with Gasteiger partial charge in [0, 0.05) is 22.9 Å². The standard InChI is InChI=1S/C19H14ClN5O/c1-11-2-4-12(5-3-11)18(26)9-14-15-8-13(20)6-7-17(15)25-19(16(14)10-21)22-23-24-25/h2-8,14,16H,9H2,1H3/t14-,16+/m1/s1. The Morgan fingerprint density at radius 1 is 1.27 bits per heavy atom. The predicted molar refractivity (Wildman–Crippen MR) is 95.4 cm³/mol. The number of Topliss-reactive ketones (excluding diaryl/α,β-unsaturated/α-hetero) is 1. The number of rotatable bonds is 3. The number of hydrogen-bond acceptors (Lipinski definition) is 5. The highest BCUT2D eigenvalue weighted by atomic mass is 35.5. The first kappa shape index (κ1) is 16.4. The average molecular weight is 364 g/mol. The maximum absolute atomic E-state index is 12.8. The fourth-order valence-corrected chi connectivity index (χ4v) is 3.55. The molecule has 3 aromatic rings. The number of halogens is 1. The molecule has 2 atom stereocenters. The van der Waals surface area contributed by atoms with E-state index in [2.05, 4.69) is 21.6 Å². The molecule has 0 unspecified atom stereocenters. The van der Waals surface area contributed by atoms with Crippen molar-refractivity contribution in [1.29, 1.82) is 5.26 Å². The van der Waals surface area contributed by atoms with Crippen LogP contribution in [0, 0.1) is 18.3 Å². The van der Waals surface area contributed by atoms with Crippen LogP contribution in [0.4, 0.5) is 0 Å². The maximum Gasteiger partial charge on any atom is 0.174 e. The molecule has 0 spiro atoms. The molecule has 0 N–H and O–H groups in total. The van der Waals surface area contributed by atoms with Gasteiger partial charge in [-0.2, -0.15) is 9.94 Å². The molecule has 2 aromatic carbocycles. The van der Waals surface area contributed by atoms with E-state index in [0.29, 0.717) is 16.4 Å². The van der Waals surface area contributed by atoms with Crippen LogP contribution < -0.4 is 0 Å². The molecular weight excluding hydrogens is 350 g/mol. The lowest BCUT2D eigenvalue weighted by molar-refractivity contribution is 0.0970. The number of nitriles is 1. The van der Waals surface area contributed by atoms with Crippen LogP contribution in [0.5, 0.6) is 0 Å². The van der Waals surface area contributed by atoms with Gasteiger partial charge >= 0.3 is 0 Å². The molecule has 1 aliphatic heterocycles. The third-order valence-corrected chi connectivity index (χ3v) is 4.94. The Morgan fingerprint density at radius 3 is 2.77 bits per heavy atom. The van der Waals surface area contributed by atoms with Gasteiger partial charge in [-0.25, -0.2) is 0 Å². The molecule has 0 aliphatic carbocycles. The summed E-state index contributed by atoms with van der Waals surface area (Å²) in [5.41, 5.74) is 3.28. The Morgan fingerprint density at radius 2 is 2.04 bits per heavy atom. The van der Waals surface area contributed by atoms with E-state index in [4.69, 9.17) is 11.6 Å². The third kappa shape index (κ3) is 2.67. The monoisotopic (exact) mass is 363 g/mol. The number of carbonyl (C=O) groups is 1. The Hall–Kier alpha value is -3.04. The van der Waals surface area contributed by atoms with E-state index in [1.165, 1.54) is 0 Å². The van der Waals surface area contributed by atoms with E-state index in [1.807, 2.05) is 37.3 Å². The molecule has 0 bridgehead atoms. The molecule has 7 heteroatoms. The van der Waals surface area contributed by atoms with Crippen molar-refractivity contribution in [2.45, 2.75) is 25.2 Å². The highest BCUT2D eigenvalue weighted by Crippen LogP contribution is 2.43. The topological polar surface area (TPSA) is 84.5 Å². The first-order valence-corrected chi connectivity index (χ1v) is 8.54. The van der Waals surface area contributed by atoms with Gasteiger partial charge < -0.3 is 0 Å². The van der Waals surface area contributed by atoms with Gasteiger partial charge in [-0.15, -0.1) is 5.10 Å². The molecule has 0 saturated heterocycles. The minimum atomic E-state index is -0.620. The molecule has 0 saturated carbocycles. The number of tetrazole rings is 1. The largest absolute Gasteiger partial charge is 0.294 e. The normalized spacial score (nSPS) is 17.9. The molecule has 2 heterocycles. The first-order chi connectivity index (χ1) is 12.6. The summed E-state index contributed by atoms with van der Waals surface area (Å²) in [7, 11) is 0. The number of fused-ring (bicyclic) bond motifs is 3. The van der Waals surface area contributed by atoms with Crippen LogP contribution in [0.1, 0.15) is 45.6 Å². The lowest BCUT2D eigenvalue weighted by Crippen LogP contribution is -2.25. The summed E-state index contributed by atoms with van der Waals surface area (Å²) in [6.45, 7) is 1.97. The van der Waals surface area contributed by atoms with Crippen molar-refractivity contribution in [3.63, 3.8) is 0 Å². The van der Waals surface area contributed by atoms with Gasteiger partial charge in [0.2, 0.25) is 0 Å². The number of aryl methyl sites for hydroxylation is 1. The SMILES string of the molecule is Cc1ccc(C(=O)C[C@@H]2c3cc(Cl)ccc3-n3nnnc3[C@H]2C#N)cc1. The van der Waals surface area contributed by atoms with Crippen molar-refractivity contribution < 1.29 is 4.79 Å². The first-order valence-electron chi connectivity index (χ1n) is 8.16. The minimum absolute atomic E-state index is 0.0258. The van der Waals surface area contributed by atoms with Crippen LogP contribution in [0.15, 0.2) is 42.5 Å². The maximum atomic E-state index is 12.8. The summed E-state index contributed by atoms with van der Waals surface area (Å²) >= 11 is 6.18. The van der Waals surface area contributed by atoms with Gasteiger partial charge in [0.05, 0.1) is 11.8 Å². The summed E-state index contributed by atoms with van der Waals surface area (Å²) in [5.74, 6) is -0.558. The van der Waals surface area contributed by atoms with E-state index in [9.17, 15) is 10.1 Å². The van der Waals surface area contributed by atoms with E-state index >= 15 is 0 Å². The number of hydrogen-bond donors (Lipinski definition) is 0. The zero-order valence-electron chi connectivity index (χ0n) is 13.9. The fourth-order valence-electron chi connectivity index (χ4n) is 3.37. The van der Waals surface area contributed by atoms with Crippen LogP contribution in [0.25, 0.3) is 5.69 Å². The summed E-state index contributed by atoms with van der Waals surface area (Å²) in [5, 5.41) is 22.0. The summed E-state index contributed by atoms with van der Waals surface area (Å²) in [6, 6.07) is 15.0. The van der Waals surface area contributed by atoms with Crippen LogP contribution >= 0.6 is 11.6 Å². The van der Waals surface area contributed by atoms with E-state index < -0.39 is 5.92 Å². The molecule has 0 amide bonds. The van der Waals surface area contributed by atoms with Gasteiger partial charge in [-0.05, 0) is 41.1 Å². The van der Waals surface area contributed by atoms with Crippen LogP contribution in [-0.2, 0) is 0 Å². The Bertz CT molecular complexity index is 1030. The van der Waals surface area contributed by atoms with Crippen molar-refractivity contribution in [1.82, 2.24) is 20.2 Å². The van der Waals surface area contributed by atoms with Crippen LogP contribution in [-0.4, -0.2) is 26.0 Å². The molecule has 26 heavy (non-hydrogen) atoms. The van der Waals surface area contributed by atoms with Gasteiger partial charge in [0.25, 0.3) is 0 Å². The molecule has 128 valence electrons. The second kappa shape index (κ2) is 6.36. The second-order valence-corrected chi connectivity index (χ2v) is 6.80. The number of aromatic nitrogens is 4. The van der Waals surface area contributed by atoms with Crippen LogP contribution in [0.2, 0.25) is 5.02 Å². The number of ketones is 1. The zero-order valence-corrected chi connectivity index (χ0v) is 14.7. The van der Waals surface area contributed by atoms with Gasteiger partial charge in [0.15, 0.2) is 11.6 Å². The molecule has 4 rings (SSSR count). The number of carbonyl (C=O) groups excluding carboxylic acids is 1. The summed E-state index contributed by atoms with van der Waals surface area (Å²) in [6.07, 6.45) is 0.182. The molecule has 0 fully saturated rings. The molecule has 0 radical (unpaired) electrons. The molecule has 1 aliphatic rings. The minimum Gasteiger partial charge on any atom is -0.294 e. The van der Waals surface area contributed by atoms with Crippen molar-refractivity contribution in [3.8, 4) is 11.8 Å². The lowest BCUT2D eigenvalue weighted by atomic mass is 9.79. The molecular formula is C19H14ClN5O. The number of benzene rings is 2. The second-order valence-electron chi connectivity index (χ2n) is 6.36. The zero-order chi connectivity index (χ0) is 18.3. The van der Waals surface area contributed by atoms with E-state index in [1.54, 1.807) is 16.8 Å². The summed E-state index contributed by atoms with van der Waals surface area (Å²) in [4.78, 5) is 12.8. The highest BCUT2D eigenvalue weighted by molar-refractivity contribution is 6.30. The highest BCUT2D eigenvalue weighted by Gasteiger charge is 2.38. The predicted octanol–water partition coefficient (Wildman–Crippen LogP) is 3.60. The van der Waals surface area contributed by atoms with Crippen molar-refractivity contribution in [3.05, 3.63) is 70.0 Å². The fraction of sp³-hybridized carbons (Fsp3) is 0.211. The average Bonchev–Trinajstić information content (AvgIpc) is 3.12. The van der Waals surface area contributed by atoms with Crippen molar-refractivity contribution >= 4 is 17.4 Å². The third-order valence-electron chi connectivity index (χ3n) is 4.71. The lowest BCUT2D eigenvalue weighted by Gasteiger charge is -2.28. The Kier molecular flexibility index (Phi) is 4.02. The molecule has 6 nitrogen and oxygen atoms in total. The van der Waals surface area contributed by atoms with E-state index in [0.717, 1.165) is 16.8 Å². The van der Waals surface area contributed by atoms with Crippen molar-refractivity contribution in [2.24, 2.45) is 0 Å². The Labute approximate surface area is 155 Å². The van der Waals surface area contributed by atoms with Gasteiger partial charge in [0.1, 0.15) is 5.92 Å². The Balaban J connectivity index is 1.77. The number of nitrogens with zero attached hydrogens (tertiary/aromatic N) is 5. The van der Waals surface area contributed by atoms with Crippen molar-refractivity contribution in [2.75, 3.05) is 0 Å². The van der Waals surface area contributed by atoms with Gasteiger partial charge in [-0.3, -0.25) is 4.79 Å². The quantitative estimate of drug-likeness (QED) is 0.664. The van der Waals surface area contributed by atoms with Crippen LogP contribution in [0.3, 0.4) is 0 Å². The summed E-state index contributed by atoms with van der Waals surface area (Å²) < 4.78 is 1.55.